The molecule has 0 aromatic heterocycles. The number of halogens is 2. The highest BCUT2D eigenvalue weighted by Crippen LogP contribution is 2.34. The predicted octanol–water partition coefficient (Wildman–Crippen LogP) is 3.60. The molecule has 1 unspecified atom stereocenters. The van der Waals surface area contributed by atoms with E-state index in [2.05, 4.69) is 0 Å². The second kappa shape index (κ2) is 5.23. The third-order valence-electron chi connectivity index (χ3n) is 2.68. The summed E-state index contributed by atoms with van der Waals surface area (Å²) in [6.45, 7) is 1.59. The van der Waals surface area contributed by atoms with Crippen LogP contribution in [-0.4, -0.2) is 29.6 Å². The summed E-state index contributed by atoms with van der Waals surface area (Å²) in [6, 6.07) is 4.52. The number of carbonyl (C=O) groups excluding carboxylic acids is 2. The maximum atomic E-state index is 12.3. The molecule has 1 saturated heterocycles. The van der Waals surface area contributed by atoms with Crippen molar-refractivity contribution in [3.63, 3.8) is 0 Å². The Labute approximate surface area is 125 Å². The van der Waals surface area contributed by atoms with Crippen LogP contribution in [0.3, 0.4) is 0 Å². The van der Waals surface area contributed by atoms with Gasteiger partial charge in [-0.15, -0.1) is 0 Å². The fraction of sp³-hybridized carbons (Fsp3) is 0.333. The minimum atomic E-state index is -1.15. The molecule has 0 saturated carbocycles. The van der Waals surface area contributed by atoms with Gasteiger partial charge in [-0.05, 0) is 31.4 Å². The van der Waals surface area contributed by atoms with E-state index in [0.717, 1.165) is 4.90 Å². The first kappa shape index (κ1) is 14.5. The number of carbonyl (C=O) groups is 2. The number of nitrogens with zero attached hydrogens (tertiary/aromatic N) is 1. The van der Waals surface area contributed by atoms with Crippen molar-refractivity contribution >= 4 is 52.7 Å². The van der Waals surface area contributed by atoms with E-state index in [1.807, 2.05) is 6.26 Å². The van der Waals surface area contributed by atoms with Crippen LogP contribution in [0.25, 0.3) is 0 Å². The van der Waals surface area contributed by atoms with Crippen molar-refractivity contribution < 1.29 is 14.3 Å². The number of hydrogen-bond acceptors (Lipinski definition) is 4. The molecule has 2 rings (SSSR count). The van der Waals surface area contributed by atoms with Gasteiger partial charge in [-0.3, -0.25) is 4.79 Å². The first-order valence-corrected chi connectivity index (χ1v) is 7.55. The molecule has 7 heteroatoms. The standard InChI is InChI=1S/C12H11Cl2NO3S/c1-12(6-19-2)10(16)15(11(17)18-12)9-4-7(13)3-8(14)5-9/h3-5H,6H2,1-2H3. The molecule has 1 aliphatic heterocycles. The smallest absolute Gasteiger partial charge is 0.422 e. The van der Waals surface area contributed by atoms with Gasteiger partial charge in [0.25, 0.3) is 5.91 Å². The fourth-order valence-electron chi connectivity index (χ4n) is 1.86. The summed E-state index contributed by atoms with van der Waals surface area (Å²) in [5.41, 5.74) is -0.831. The molecule has 19 heavy (non-hydrogen) atoms. The number of benzene rings is 1. The molecule has 0 radical (unpaired) electrons. The maximum absolute atomic E-state index is 12.3. The SMILES string of the molecule is CSCC1(C)OC(=O)N(c2cc(Cl)cc(Cl)c2)C1=O. The summed E-state index contributed by atoms with van der Waals surface area (Å²) in [5, 5.41) is 0.697. The number of anilines is 1. The Morgan fingerprint density at radius 3 is 2.37 bits per heavy atom. The van der Waals surface area contributed by atoms with Crippen LogP contribution in [0.1, 0.15) is 6.92 Å². The molecule has 1 aliphatic rings. The van der Waals surface area contributed by atoms with Gasteiger partial charge in [-0.2, -0.15) is 11.8 Å². The number of ether oxygens (including phenoxy) is 1. The Balaban J connectivity index is 2.40. The topological polar surface area (TPSA) is 46.6 Å². The highest BCUT2D eigenvalue weighted by molar-refractivity contribution is 7.98. The zero-order chi connectivity index (χ0) is 14.2. The molecule has 102 valence electrons. The van der Waals surface area contributed by atoms with Crippen molar-refractivity contribution in [3.8, 4) is 0 Å². The maximum Gasteiger partial charge on any atom is 0.422 e. The minimum Gasteiger partial charge on any atom is -0.431 e. The number of cyclic esters (lactones) is 1. The third-order valence-corrected chi connectivity index (χ3v) is 3.95. The van der Waals surface area contributed by atoms with E-state index in [-0.39, 0.29) is 0 Å². The van der Waals surface area contributed by atoms with Crippen LogP contribution in [0.15, 0.2) is 18.2 Å². The molecule has 1 aromatic rings. The zero-order valence-electron chi connectivity index (χ0n) is 10.3. The molecule has 1 fully saturated rings. The van der Waals surface area contributed by atoms with Crippen LogP contribution in [-0.2, 0) is 9.53 Å². The highest BCUT2D eigenvalue weighted by Gasteiger charge is 2.51. The van der Waals surface area contributed by atoms with Crippen molar-refractivity contribution in [3.05, 3.63) is 28.2 Å². The average Bonchev–Trinajstić information content (AvgIpc) is 2.48. The van der Waals surface area contributed by atoms with Gasteiger partial charge in [0.15, 0.2) is 5.60 Å². The molecule has 4 nitrogen and oxygen atoms in total. The number of amides is 2. The summed E-state index contributed by atoms with van der Waals surface area (Å²) < 4.78 is 5.18. The monoisotopic (exact) mass is 319 g/mol. The summed E-state index contributed by atoms with van der Waals surface area (Å²) >= 11 is 13.2. The van der Waals surface area contributed by atoms with Crippen molar-refractivity contribution in [1.29, 1.82) is 0 Å². The lowest BCUT2D eigenvalue weighted by atomic mass is 10.1. The van der Waals surface area contributed by atoms with Crippen molar-refractivity contribution in [2.45, 2.75) is 12.5 Å². The lowest BCUT2D eigenvalue weighted by Crippen LogP contribution is -2.40. The normalized spacial score (nSPS) is 22.8. The molecule has 0 N–H and O–H groups in total. The fourth-order valence-corrected chi connectivity index (χ4v) is 3.11. The summed E-state index contributed by atoms with van der Waals surface area (Å²) in [7, 11) is 0. The predicted molar refractivity (Wildman–Crippen MR) is 77.2 cm³/mol. The molecular weight excluding hydrogens is 309 g/mol. The van der Waals surface area contributed by atoms with Crippen LogP contribution < -0.4 is 4.90 Å². The molecule has 0 aliphatic carbocycles. The van der Waals surface area contributed by atoms with Crippen molar-refractivity contribution in [2.75, 3.05) is 16.9 Å². The van der Waals surface area contributed by atoms with E-state index in [9.17, 15) is 9.59 Å². The zero-order valence-corrected chi connectivity index (χ0v) is 12.6. The lowest BCUT2D eigenvalue weighted by molar-refractivity contribution is -0.126. The first-order valence-electron chi connectivity index (χ1n) is 5.40. The lowest BCUT2D eigenvalue weighted by Gasteiger charge is -2.18. The Morgan fingerprint density at radius 1 is 1.26 bits per heavy atom. The summed E-state index contributed by atoms with van der Waals surface area (Å²) in [4.78, 5) is 25.2. The Kier molecular flexibility index (Phi) is 3.99. The van der Waals surface area contributed by atoms with Crippen LogP contribution in [0.5, 0.6) is 0 Å². The Hall–Kier alpha value is -0.910. The molecule has 1 aromatic carbocycles. The molecule has 0 spiro atoms. The van der Waals surface area contributed by atoms with Gasteiger partial charge in [0.05, 0.1) is 5.69 Å². The van der Waals surface area contributed by atoms with Gasteiger partial charge in [0.1, 0.15) is 0 Å². The number of imide groups is 1. The Morgan fingerprint density at radius 2 is 1.84 bits per heavy atom. The second-order valence-corrected chi connectivity index (χ2v) is 6.04. The average molecular weight is 320 g/mol. The molecule has 1 heterocycles. The van der Waals surface area contributed by atoms with E-state index in [4.69, 9.17) is 27.9 Å². The van der Waals surface area contributed by atoms with Gasteiger partial charge in [0.2, 0.25) is 0 Å². The van der Waals surface area contributed by atoms with Gasteiger partial charge >= 0.3 is 6.09 Å². The highest BCUT2D eigenvalue weighted by atomic mass is 35.5. The van der Waals surface area contributed by atoms with E-state index in [1.165, 1.54) is 30.0 Å². The van der Waals surface area contributed by atoms with Gasteiger partial charge in [0, 0.05) is 15.8 Å². The summed E-state index contributed by atoms with van der Waals surface area (Å²) in [5.74, 6) is -0.0206. The largest absolute Gasteiger partial charge is 0.431 e. The van der Waals surface area contributed by atoms with Crippen molar-refractivity contribution in [1.82, 2.24) is 0 Å². The molecule has 2 amide bonds. The van der Waals surface area contributed by atoms with Gasteiger partial charge in [-0.25, -0.2) is 9.69 Å². The molecular formula is C12H11Cl2NO3S. The van der Waals surface area contributed by atoms with Crippen LogP contribution in [0.4, 0.5) is 10.5 Å². The van der Waals surface area contributed by atoms with E-state index >= 15 is 0 Å². The number of hydrogen-bond donors (Lipinski definition) is 0. The third kappa shape index (κ3) is 2.68. The molecule has 1 atom stereocenters. The summed E-state index contributed by atoms with van der Waals surface area (Å²) in [6.07, 6.45) is 1.13. The van der Waals surface area contributed by atoms with Crippen LogP contribution in [0, 0.1) is 0 Å². The quantitative estimate of drug-likeness (QED) is 0.854. The van der Waals surface area contributed by atoms with Crippen LogP contribution in [0.2, 0.25) is 10.0 Å². The van der Waals surface area contributed by atoms with E-state index < -0.39 is 17.6 Å². The minimum absolute atomic E-state index is 0.317. The van der Waals surface area contributed by atoms with Crippen molar-refractivity contribution in [2.24, 2.45) is 0 Å². The van der Waals surface area contributed by atoms with E-state index in [1.54, 1.807) is 6.92 Å². The first-order chi connectivity index (χ1) is 8.87. The number of rotatable bonds is 3. The van der Waals surface area contributed by atoms with Crippen LogP contribution >= 0.6 is 35.0 Å². The second-order valence-electron chi connectivity index (χ2n) is 4.30. The van der Waals surface area contributed by atoms with Gasteiger partial charge in [-0.1, -0.05) is 23.2 Å². The Bertz CT molecular complexity index is 532. The number of thioether (sulfide) groups is 1. The molecule has 0 bridgehead atoms. The van der Waals surface area contributed by atoms with E-state index in [0.29, 0.717) is 21.5 Å². The van der Waals surface area contributed by atoms with Gasteiger partial charge < -0.3 is 4.74 Å².